The van der Waals surface area contributed by atoms with Crippen LogP contribution in [0.2, 0.25) is 0 Å². The number of aromatic nitrogens is 2. The smallest absolute Gasteiger partial charge is 0.216 e. The van der Waals surface area contributed by atoms with Crippen molar-refractivity contribution in [1.82, 2.24) is 14.3 Å². The average Bonchev–Trinajstić information content (AvgIpc) is 2.54. The second-order valence-corrected chi connectivity index (χ2v) is 8.55. The zero-order chi connectivity index (χ0) is 18.0. The van der Waals surface area contributed by atoms with Crippen molar-refractivity contribution in [2.24, 2.45) is 0 Å². The van der Waals surface area contributed by atoms with Gasteiger partial charge in [-0.2, -0.15) is 4.31 Å². The number of nitrogens with zero attached hydrogens (tertiary/aromatic N) is 3. The lowest BCUT2D eigenvalue weighted by Crippen LogP contribution is -2.49. The summed E-state index contributed by atoms with van der Waals surface area (Å²) in [5.74, 6) is 0.637. The highest BCUT2D eigenvalue weighted by molar-refractivity contribution is 7.89. The van der Waals surface area contributed by atoms with Gasteiger partial charge in [0.1, 0.15) is 5.82 Å². The van der Waals surface area contributed by atoms with Crippen LogP contribution in [0.5, 0.6) is 0 Å². The summed E-state index contributed by atoms with van der Waals surface area (Å²) in [7, 11) is -3.33. The third-order valence-corrected chi connectivity index (χ3v) is 5.98. The van der Waals surface area contributed by atoms with Crippen LogP contribution in [0, 0.1) is 6.92 Å². The number of sulfonamides is 1. The number of para-hydroxylation sites is 2. The molecule has 0 spiro atoms. The summed E-state index contributed by atoms with van der Waals surface area (Å²) in [6.07, 6.45) is -0.167. The molecule has 2 aromatic rings. The molecule has 3 rings (SSSR count). The van der Waals surface area contributed by atoms with Gasteiger partial charge in [0.2, 0.25) is 10.0 Å². The van der Waals surface area contributed by atoms with Crippen molar-refractivity contribution in [3.05, 3.63) is 30.0 Å². The maximum Gasteiger partial charge on any atom is 0.216 e. The minimum atomic E-state index is -3.33. The summed E-state index contributed by atoms with van der Waals surface area (Å²) in [6, 6.07) is 7.62. The van der Waals surface area contributed by atoms with Gasteiger partial charge in [0.15, 0.2) is 0 Å². The van der Waals surface area contributed by atoms with E-state index in [1.807, 2.05) is 45.0 Å². The quantitative estimate of drug-likeness (QED) is 0.871. The first-order valence-electron chi connectivity index (χ1n) is 8.45. The van der Waals surface area contributed by atoms with Crippen molar-refractivity contribution >= 4 is 26.9 Å². The largest absolute Gasteiger partial charge is 0.373 e. The highest BCUT2D eigenvalue weighted by Crippen LogP contribution is 2.17. The lowest BCUT2D eigenvalue weighted by Gasteiger charge is -2.34. The summed E-state index contributed by atoms with van der Waals surface area (Å²) < 4.78 is 32.2. The van der Waals surface area contributed by atoms with Crippen molar-refractivity contribution in [1.29, 1.82) is 0 Å². The number of morpholine rings is 1. The molecule has 1 aromatic heterocycles. The van der Waals surface area contributed by atoms with Crippen LogP contribution >= 0.6 is 0 Å². The molecule has 8 heteroatoms. The number of anilines is 1. The average molecular weight is 364 g/mol. The van der Waals surface area contributed by atoms with E-state index in [4.69, 9.17) is 4.74 Å². The van der Waals surface area contributed by atoms with Gasteiger partial charge < -0.3 is 10.1 Å². The molecule has 7 nitrogen and oxygen atoms in total. The van der Waals surface area contributed by atoms with Gasteiger partial charge in [0.05, 0.1) is 34.7 Å². The minimum absolute atomic E-state index is 0.0143. The van der Waals surface area contributed by atoms with E-state index >= 15 is 0 Å². The molecule has 0 radical (unpaired) electrons. The normalized spacial score (nSPS) is 22.2. The Morgan fingerprint density at radius 2 is 1.76 bits per heavy atom. The fraction of sp³-hybridized carbons (Fsp3) is 0.529. The van der Waals surface area contributed by atoms with Crippen LogP contribution < -0.4 is 5.32 Å². The highest BCUT2D eigenvalue weighted by atomic mass is 32.2. The molecule has 0 amide bonds. The van der Waals surface area contributed by atoms with Crippen LogP contribution in [0.4, 0.5) is 5.82 Å². The van der Waals surface area contributed by atoms with Gasteiger partial charge in [0.25, 0.3) is 0 Å². The third kappa shape index (κ3) is 4.26. The molecule has 2 atom stereocenters. The predicted molar refractivity (Wildman–Crippen MR) is 98.1 cm³/mol. The van der Waals surface area contributed by atoms with Gasteiger partial charge in [-0.1, -0.05) is 12.1 Å². The van der Waals surface area contributed by atoms with E-state index in [1.165, 1.54) is 4.31 Å². The molecule has 136 valence electrons. The number of nitrogens with one attached hydrogen (secondary N) is 1. The fourth-order valence-corrected chi connectivity index (χ4v) is 4.53. The van der Waals surface area contributed by atoms with E-state index in [0.717, 1.165) is 16.7 Å². The molecule has 1 fully saturated rings. The third-order valence-electron chi connectivity index (χ3n) is 4.18. The van der Waals surface area contributed by atoms with E-state index in [0.29, 0.717) is 18.9 Å². The van der Waals surface area contributed by atoms with Crippen LogP contribution in [0.25, 0.3) is 11.0 Å². The number of fused-ring (bicyclic) bond motifs is 1. The molecular formula is C17H24N4O3S. The summed E-state index contributed by atoms with van der Waals surface area (Å²) in [6.45, 7) is 6.75. The van der Waals surface area contributed by atoms with Crippen molar-refractivity contribution in [2.45, 2.75) is 33.0 Å². The first-order chi connectivity index (χ1) is 11.8. The monoisotopic (exact) mass is 364 g/mol. The Labute approximate surface area is 148 Å². The Bertz CT molecular complexity index is 846. The molecule has 1 aromatic carbocycles. The van der Waals surface area contributed by atoms with Crippen molar-refractivity contribution in [3.8, 4) is 0 Å². The van der Waals surface area contributed by atoms with E-state index in [1.54, 1.807) is 0 Å². The predicted octanol–water partition coefficient (Wildman–Crippen LogP) is 1.79. The number of rotatable bonds is 5. The summed E-state index contributed by atoms with van der Waals surface area (Å²) in [5.41, 5.74) is 2.37. The molecule has 0 aliphatic carbocycles. The molecule has 1 saturated heterocycles. The van der Waals surface area contributed by atoms with Gasteiger partial charge in [-0.3, -0.25) is 0 Å². The maximum absolute atomic E-state index is 12.6. The van der Waals surface area contributed by atoms with Crippen molar-refractivity contribution in [2.75, 3.05) is 30.7 Å². The lowest BCUT2D eigenvalue weighted by molar-refractivity contribution is -0.0440. The Hall–Kier alpha value is -1.77. The standard InChI is InChI=1S/C17H24N4O3S/c1-12-10-21(11-13(2)24-12)25(22,23)9-8-18-17-14(3)19-15-6-4-5-7-16(15)20-17/h4-7,12-13H,8-11H2,1-3H3,(H,18,20)/t12-,13-/m1/s1. The lowest BCUT2D eigenvalue weighted by atomic mass is 10.3. The number of benzene rings is 1. The van der Waals surface area contributed by atoms with E-state index in [2.05, 4.69) is 15.3 Å². The number of ether oxygens (including phenoxy) is 1. The summed E-state index contributed by atoms with van der Waals surface area (Å²) >= 11 is 0. The van der Waals surface area contributed by atoms with Crippen LogP contribution in [0.3, 0.4) is 0 Å². The van der Waals surface area contributed by atoms with Crippen LogP contribution in [0.1, 0.15) is 19.5 Å². The second kappa shape index (κ2) is 7.23. The van der Waals surface area contributed by atoms with E-state index in [9.17, 15) is 8.42 Å². The zero-order valence-corrected chi connectivity index (χ0v) is 15.6. The van der Waals surface area contributed by atoms with Crippen LogP contribution in [-0.2, 0) is 14.8 Å². The molecule has 1 aliphatic heterocycles. The van der Waals surface area contributed by atoms with Gasteiger partial charge in [0, 0.05) is 19.6 Å². The summed E-state index contributed by atoms with van der Waals surface area (Å²) in [4.78, 5) is 9.03. The van der Waals surface area contributed by atoms with Gasteiger partial charge >= 0.3 is 0 Å². The fourth-order valence-electron chi connectivity index (χ4n) is 3.04. The SMILES string of the molecule is Cc1nc2ccccc2nc1NCCS(=O)(=O)N1C[C@@H](C)O[C@H](C)C1. The topological polar surface area (TPSA) is 84.4 Å². The molecule has 1 aliphatic rings. The second-order valence-electron chi connectivity index (χ2n) is 6.46. The van der Waals surface area contributed by atoms with Crippen LogP contribution in [0.15, 0.2) is 24.3 Å². The van der Waals surface area contributed by atoms with Crippen LogP contribution in [-0.4, -0.2) is 60.3 Å². The molecule has 0 saturated carbocycles. The molecule has 25 heavy (non-hydrogen) atoms. The summed E-state index contributed by atoms with van der Waals surface area (Å²) in [5, 5.41) is 3.11. The number of hydrogen-bond donors (Lipinski definition) is 1. The molecule has 1 N–H and O–H groups in total. The first-order valence-corrected chi connectivity index (χ1v) is 10.1. The molecule has 2 heterocycles. The Morgan fingerprint density at radius 3 is 2.40 bits per heavy atom. The van der Waals surface area contributed by atoms with E-state index < -0.39 is 10.0 Å². The van der Waals surface area contributed by atoms with Gasteiger partial charge in [-0.05, 0) is 32.9 Å². The Kier molecular flexibility index (Phi) is 5.21. The Morgan fingerprint density at radius 1 is 1.16 bits per heavy atom. The minimum Gasteiger partial charge on any atom is -0.373 e. The van der Waals surface area contributed by atoms with Gasteiger partial charge in [-0.25, -0.2) is 18.4 Å². The zero-order valence-electron chi connectivity index (χ0n) is 14.8. The molecule has 0 bridgehead atoms. The molecule has 0 unspecified atom stereocenters. The highest BCUT2D eigenvalue weighted by Gasteiger charge is 2.30. The maximum atomic E-state index is 12.6. The Balaban J connectivity index is 1.65. The van der Waals surface area contributed by atoms with Gasteiger partial charge in [-0.15, -0.1) is 0 Å². The van der Waals surface area contributed by atoms with Crippen molar-refractivity contribution in [3.63, 3.8) is 0 Å². The number of aryl methyl sites for hydroxylation is 1. The van der Waals surface area contributed by atoms with Crippen molar-refractivity contribution < 1.29 is 13.2 Å². The first kappa shape index (κ1) is 18.0. The molecular weight excluding hydrogens is 340 g/mol. The number of hydrogen-bond acceptors (Lipinski definition) is 6. The van der Waals surface area contributed by atoms with E-state index in [-0.39, 0.29) is 24.5 Å².